The normalized spacial score (nSPS) is 11.3. The van der Waals surface area contributed by atoms with Crippen LogP contribution < -0.4 is 5.32 Å². The van der Waals surface area contributed by atoms with Gasteiger partial charge in [-0.1, -0.05) is 26.8 Å². The molecular weight excluding hydrogens is 252 g/mol. The fourth-order valence-electron chi connectivity index (χ4n) is 1.81. The Kier molecular flexibility index (Phi) is 4.17. The summed E-state index contributed by atoms with van der Waals surface area (Å²) < 4.78 is 1.84. The van der Waals surface area contributed by atoms with Gasteiger partial charge in [0.2, 0.25) is 5.91 Å². The molecule has 1 amide bonds. The summed E-state index contributed by atoms with van der Waals surface area (Å²) in [6.07, 6.45) is 7.54. The van der Waals surface area contributed by atoms with Gasteiger partial charge < -0.3 is 5.32 Å². The average Bonchev–Trinajstić information content (AvgIpc) is 2.89. The van der Waals surface area contributed by atoms with Crippen molar-refractivity contribution in [3.8, 4) is 5.82 Å². The van der Waals surface area contributed by atoms with Crippen molar-refractivity contribution in [2.24, 2.45) is 5.41 Å². The second-order valence-electron chi connectivity index (χ2n) is 6.01. The molecule has 0 fully saturated rings. The number of nitrogens with one attached hydrogen (secondary N) is 1. The van der Waals surface area contributed by atoms with Crippen LogP contribution in [0.15, 0.2) is 37.1 Å². The van der Waals surface area contributed by atoms with Crippen molar-refractivity contribution < 1.29 is 4.79 Å². The van der Waals surface area contributed by atoms with Gasteiger partial charge in [0.25, 0.3) is 0 Å². The van der Waals surface area contributed by atoms with Crippen molar-refractivity contribution in [2.45, 2.75) is 33.7 Å². The number of hydrogen-bond donors (Lipinski definition) is 1. The van der Waals surface area contributed by atoms with Crippen LogP contribution >= 0.6 is 0 Å². The van der Waals surface area contributed by atoms with Gasteiger partial charge in [0.1, 0.15) is 12.1 Å². The molecule has 0 aliphatic carbocycles. The maximum atomic E-state index is 11.7. The highest BCUT2D eigenvalue weighted by atomic mass is 16.1. The van der Waals surface area contributed by atoms with Crippen molar-refractivity contribution in [3.05, 3.63) is 42.6 Å². The highest BCUT2D eigenvalue weighted by Gasteiger charge is 2.15. The van der Waals surface area contributed by atoms with Gasteiger partial charge >= 0.3 is 0 Å². The monoisotopic (exact) mass is 272 g/mol. The molecule has 0 saturated heterocycles. The van der Waals surface area contributed by atoms with E-state index in [9.17, 15) is 4.79 Å². The molecule has 0 aliphatic rings. The Hall–Kier alpha value is -2.17. The van der Waals surface area contributed by atoms with E-state index in [1.165, 1.54) is 0 Å². The molecule has 0 saturated carbocycles. The molecule has 5 nitrogen and oxygen atoms in total. The molecule has 0 spiro atoms. The zero-order valence-corrected chi connectivity index (χ0v) is 12.1. The van der Waals surface area contributed by atoms with E-state index in [0.717, 1.165) is 11.4 Å². The lowest BCUT2D eigenvalue weighted by Gasteiger charge is -2.17. The molecule has 106 valence electrons. The topological polar surface area (TPSA) is 59.8 Å². The van der Waals surface area contributed by atoms with Gasteiger partial charge in [-0.3, -0.25) is 9.36 Å². The van der Waals surface area contributed by atoms with Crippen LogP contribution in [0, 0.1) is 5.41 Å². The molecule has 0 radical (unpaired) electrons. The Labute approximate surface area is 119 Å². The summed E-state index contributed by atoms with van der Waals surface area (Å²) in [5, 5.41) is 2.91. The van der Waals surface area contributed by atoms with Crippen molar-refractivity contribution in [1.29, 1.82) is 0 Å². The van der Waals surface area contributed by atoms with Crippen LogP contribution in [0.4, 0.5) is 0 Å². The Morgan fingerprint density at radius 3 is 2.70 bits per heavy atom. The summed E-state index contributed by atoms with van der Waals surface area (Å²) in [4.78, 5) is 20.1. The van der Waals surface area contributed by atoms with Crippen molar-refractivity contribution in [3.63, 3.8) is 0 Å². The second-order valence-corrected chi connectivity index (χ2v) is 6.01. The van der Waals surface area contributed by atoms with Crippen LogP contribution in [-0.2, 0) is 11.3 Å². The molecule has 0 aromatic carbocycles. The maximum absolute atomic E-state index is 11.7. The van der Waals surface area contributed by atoms with Crippen LogP contribution in [0.5, 0.6) is 0 Å². The number of pyridine rings is 1. The number of hydrogen-bond acceptors (Lipinski definition) is 3. The molecule has 0 bridgehead atoms. The van der Waals surface area contributed by atoms with Crippen LogP contribution in [0.2, 0.25) is 0 Å². The van der Waals surface area contributed by atoms with Crippen LogP contribution in [0.1, 0.15) is 32.8 Å². The van der Waals surface area contributed by atoms with E-state index in [1.807, 2.05) is 43.7 Å². The lowest BCUT2D eigenvalue weighted by atomic mass is 9.92. The minimum absolute atomic E-state index is 0.00755. The first-order valence-electron chi connectivity index (χ1n) is 6.64. The van der Waals surface area contributed by atoms with Gasteiger partial charge in [-0.15, -0.1) is 0 Å². The molecule has 2 aromatic rings. The van der Waals surface area contributed by atoms with E-state index < -0.39 is 0 Å². The predicted octanol–water partition coefficient (Wildman–Crippen LogP) is 2.32. The van der Waals surface area contributed by atoms with Gasteiger partial charge in [0.05, 0.1) is 0 Å². The summed E-state index contributed by atoms with van der Waals surface area (Å²) in [5.74, 6) is 0.878. The Morgan fingerprint density at radius 2 is 2.15 bits per heavy atom. The quantitative estimate of drug-likeness (QED) is 0.929. The number of carbonyl (C=O) groups is 1. The molecule has 0 aliphatic heterocycles. The maximum Gasteiger partial charge on any atom is 0.220 e. The summed E-state index contributed by atoms with van der Waals surface area (Å²) in [7, 11) is 0. The number of carbonyl (C=O) groups excluding carboxylic acids is 1. The summed E-state index contributed by atoms with van der Waals surface area (Å²) >= 11 is 0. The second kappa shape index (κ2) is 5.86. The molecule has 5 heteroatoms. The third kappa shape index (κ3) is 4.19. The lowest BCUT2D eigenvalue weighted by molar-refractivity contribution is -0.122. The summed E-state index contributed by atoms with van der Waals surface area (Å²) in [6, 6.07) is 3.87. The van der Waals surface area contributed by atoms with Gasteiger partial charge in [0, 0.05) is 31.6 Å². The zero-order chi connectivity index (χ0) is 14.6. The fraction of sp³-hybridized carbons (Fsp3) is 0.400. The van der Waals surface area contributed by atoms with Gasteiger partial charge in [-0.05, 0) is 17.0 Å². The number of rotatable bonds is 4. The van der Waals surface area contributed by atoms with Gasteiger partial charge in [-0.25, -0.2) is 9.97 Å². The van der Waals surface area contributed by atoms with Crippen molar-refractivity contribution >= 4 is 5.91 Å². The van der Waals surface area contributed by atoms with E-state index in [0.29, 0.717) is 13.0 Å². The average molecular weight is 272 g/mol. The van der Waals surface area contributed by atoms with E-state index in [2.05, 4.69) is 15.3 Å². The molecule has 1 N–H and O–H groups in total. The fourth-order valence-corrected chi connectivity index (χ4v) is 1.81. The largest absolute Gasteiger partial charge is 0.352 e. The minimum atomic E-state index is 0.00755. The van der Waals surface area contributed by atoms with Crippen LogP contribution in [0.3, 0.4) is 0 Å². The van der Waals surface area contributed by atoms with Crippen LogP contribution in [0.25, 0.3) is 5.82 Å². The smallest absolute Gasteiger partial charge is 0.220 e. The predicted molar refractivity (Wildman–Crippen MR) is 77.3 cm³/mol. The number of imidazole rings is 1. The number of nitrogens with zero attached hydrogens (tertiary/aromatic N) is 3. The Bertz CT molecular complexity index is 553. The van der Waals surface area contributed by atoms with E-state index >= 15 is 0 Å². The number of amides is 1. The molecule has 2 heterocycles. The first-order chi connectivity index (χ1) is 9.44. The van der Waals surface area contributed by atoms with Crippen molar-refractivity contribution in [1.82, 2.24) is 19.9 Å². The first-order valence-corrected chi connectivity index (χ1v) is 6.64. The third-order valence-electron chi connectivity index (χ3n) is 2.76. The molecule has 0 unspecified atom stereocenters. The first kappa shape index (κ1) is 14.2. The Morgan fingerprint density at radius 1 is 1.35 bits per heavy atom. The third-order valence-corrected chi connectivity index (χ3v) is 2.76. The standard InChI is InChI=1S/C15H20N4O/c1-15(2,3)8-14(20)18-10-12-4-5-13(17-9-12)19-7-6-16-11-19/h4-7,9,11H,8,10H2,1-3H3,(H,18,20). The van der Waals surface area contributed by atoms with Crippen LogP contribution in [-0.4, -0.2) is 20.4 Å². The van der Waals surface area contributed by atoms with E-state index in [1.54, 1.807) is 18.7 Å². The lowest BCUT2D eigenvalue weighted by Crippen LogP contribution is -2.27. The molecular formula is C15H20N4O. The van der Waals surface area contributed by atoms with Gasteiger partial charge in [-0.2, -0.15) is 0 Å². The summed E-state index contributed by atoms with van der Waals surface area (Å²) in [5.41, 5.74) is 0.990. The molecule has 2 rings (SSSR count). The van der Waals surface area contributed by atoms with E-state index in [-0.39, 0.29) is 11.3 Å². The zero-order valence-electron chi connectivity index (χ0n) is 12.1. The van der Waals surface area contributed by atoms with Crippen molar-refractivity contribution in [2.75, 3.05) is 0 Å². The highest BCUT2D eigenvalue weighted by molar-refractivity contribution is 5.76. The van der Waals surface area contributed by atoms with E-state index in [4.69, 9.17) is 0 Å². The highest BCUT2D eigenvalue weighted by Crippen LogP contribution is 2.17. The Balaban J connectivity index is 1.90. The molecule has 20 heavy (non-hydrogen) atoms. The molecule has 0 atom stereocenters. The number of aromatic nitrogens is 3. The SMILES string of the molecule is CC(C)(C)CC(=O)NCc1ccc(-n2ccnc2)nc1. The summed E-state index contributed by atoms with van der Waals surface area (Å²) in [6.45, 7) is 6.66. The molecule has 2 aromatic heterocycles. The van der Waals surface area contributed by atoms with Gasteiger partial charge in [0.15, 0.2) is 0 Å². The minimum Gasteiger partial charge on any atom is -0.352 e.